The van der Waals surface area contributed by atoms with Gasteiger partial charge in [0.05, 0.1) is 19.3 Å². The Hall–Kier alpha value is -4.39. The summed E-state index contributed by atoms with van der Waals surface area (Å²) in [7, 11) is 1.62. The van der Waals surface area contributed by atoms with Crippen molar-refractivity contribution in [3.63, 3.8) is 0 Å². The van der Waals surface area contributed by atoms with Gasteiger partial charge in [0.15, 0.2) is 0 Å². The summed E-state index contributed by atoms with van der Waals surface area (Å²) in [6, 6.07) is 23.0. The van der Waals surface area contributed by atoms with Gasteiger partial charge in [0.25, 0.3) is 5.89 Å². The van der Waals surface area contributed by atoms with E-state index in [1.807, 2.05) is 86.6 Å². The number of ether oxygens (including phenoxy) is 2. The lowest BCUT2D eigenvalue weighted by Gasteiger charge is -2.07. The van der Waals surface area contributed by atoms with Crippen LogP contribution in [0.25, 0.3) is 33.8 Å². The second-order valence-corrected chi connectivity index (χ2v) is 7.67. The highest BCUT2D eigenvalue weighted by atomic mass is 16.5. The lowest BCUT2D eigenvalue weighted by molar-refractivity contribution is 0.341. The van der Waals surface area contributed by atoms with E-state index in [1.165, 1.54) is 0 Å². The second kappa shape index (κ2) is 9.23. The summed E-state index contributed by atoms with van der Waals surface area (Å²) in [5.41, 5.74) is 4.19. The number of rotatable bonds is 6. The van der Waals surface area contributed by atoms with Crippen molar-refractivity contribution in [1.82, 2.24) is 10.1 Å². The molecule has 0 saturated heterocycles. The van der Waals surface area contributed by atoms with Crippen molar-refractivity contribution in [3.05, 3.63) is 83.9 Å². The van der Waals surface area contributed by atoms with E-state index >= 15 is 0 Å². The Bertz CT molecular complexity index is 1520. The van der Waals surface area contributed by atoms with Gasteiger partial charge >= 0.3 is 0 Å². The molecule has 5 rings (SSSR count). The predicted octanol–water partition coefficient (Wildman–Crippen LogP) is 6.10. The highest BCUT2D eigenvalue weighted by molar-refractivity contribution is 5.81. The molecular formula is C27H23N3O4. The smallest absolute Gasteiger partial charge is 0.258 e. The molecule has 0 amide bonds. The Morgan fingerprint density at radius 3 is 2.59 bits per heavy atom. The van der Waals surface area contributed by atoms with Gasteiger partial charge in [-0.05, 0) is 56.3 Å². The van der Waals surface area contributed by atoms with E-state index in [-0.39, 0.29) is 0 Å². The summed E-state index contributed by atoms with van der Waals surface area (Å²) in [6.07, 6.45) is 0. The highest BCUT2D eigenvalue weighted by Crippen LogP contribution is 2.29. The summed E-state index contributed by atoms with van der Waals surface area (Å²) in [5, 5.41) is 5.08. The van der Waals surface area contributed by atoms with E-state index in [0.717, 1.165) is 16.5 Å². The van der Waals surface area contributed by atoms with Crippen molar-refractivity contribution < 1.29 is 18.4 Å². The Kier molecular flexibility index (Phi) is 5.82. The van der Waals surface area contributed by atoms with Crippen LogP contribution < -0.4 is 15.0 Å². The molecule has 34 heavy (non-hydrogen) atoms. The molecule has 0 saturated carbocycles. The van der Waals surface area contributed by atoms with Crippen molar-refractivity contribution in [2.24, 2.45) is 4.99 Å². The van der Waals surface area contributed by atoms with Gasteiger partial charge < -0.3 is 18.4 Å². The molecule has 3 aromatic carbocycles. The van der Waals surface area contributed by atoms with Crippen LogP contribution in [0.1, 0.15) is 12.5 Å². The first-order chi connectivity index (χ1) is 16.6. The third-order valence-electron chi connectivity index (χ3n) is 5.31. The first-order valence-corrected chi connectivity index (χ1v) is 10.9. The van der Waals surface area contributed by atoms with Crippen molar-refractivity contribution in [2.75, 3.05) is 13.7 Å². The molecule has 7 heteroatoms. The number of aromatic nitrogens is 2. The van der Waals surface area contributed by atoms with Crippen LogP contribution in [0.3, 0.4) is 0 Å². The summed E-state index contributed by atoms with van der Waals surface area (Å²) >= 11 is 0. The molecule has 0 N–H and O–H groups in total. The first kappa shape index (κ1) is 21.5. The third-order valence-corrected chi connectivity index (χ3v) is 5.31. The Labute approximate surface area is 196 Å². The quantitative estimate of drug-likeness (QED) is 0.309. The van der Waals surface area contributed by atoms with Crippen LogP contribution in [0.5, 0.6) is 11.5 Å². The number of para-hydroxylation sites is 2. The summed E-state index contributed by atoms with van der Waals surface area (Å²) in [6.45, 7) is 4.49. The molecule has 7 nitrogen and oxygen atoms in total. The van der Waals surface area contributed by atoms with Gasteiger partial charge in [0.2, 0.25) is 11.4 Å². The van der Waals surface area contributed by atoms with E-state index in [2.05, 4.69) is 10.1 Å². The SMILES string of the molecule is CCOc1ccccc1N=c1oc2cc(OC)ccc2cc1-c1noc(-c2ccc(C)cc2)n1. The molecule has 0 atom stereocenters. The molecule has 0 bridgehead atoms. The molecule has 2 heterocycles. The molecule has 5 aromatic rings. The third kappa shape index (κ3) is 4.28. The zero-order valence-corrected chi connectivity index (χ0v) is 19.1. The normalized spacial score (nSPS) is 11.7. The van der Waals surface area contributed by atoms with Gasteiger partial charge in [-0.2, -0.15) is 4.98 Å². The fourth-order valence-corrected chi connectivity index (χ4v) is 3.55. The van der Waals surface area contributed by atoms with Crippen LogP contribution >= 0.6 is 0 Å². The van der Waals surface area contributed by atoms with Crippen molar-refractivity contribution >= 4 is 16.7 Å². The molecule has 2 aromatic heterocycles. The number of fused-ring (bicyclic) bond motifs is 1. The van der Waals surface area contributed by atoms with E-state index in [4.69, 9.17) is 23.4 Å². The average molecular weight is 453 g/mol. The number of hydrogen-bond donors (Lipinski definition) is 0. The van der Waals surface area contributed by atoms with E-state index in [0.29, 0.717) is 52.2 Å². The largest absolute Gasteiger partial charge is 0.497 e. The molecule has 0 spiro atoms. The fourth-order valence-electron chi connectivity index (χ4n) is 3.55. The van der Waals surface area contributed by atoms with Gasteiger partial charge in [0.1, 0.15) is 22.8 Å². The van der Waals surface area contributed by atoms with Gasteiger partial charge in [-0.1, -0.05) is 35.0 Å². The minimum atomic E-state index is 0.337. The molecule has 0 unspecified atom stereocenters. The lowest BCUT2D eigenvalue weighted by atomic mass is 10.1. The summed E-state index contributed by atoms with van der Waals surface area (Å²) in [4.78, 5) is 9.41. The van der Waals surface area contributed by atoms with Crippen LogP contribution in [0, 0.1) is 6.92 Å². The number of hydrogen-bond acceptors (Lipinski definition) is 7. The van der Waals surface area contributed by atoms with Crippen molar-refractivity contribution in [2.45, 2.75) is 13.8 Å². The van der Waals surface area contributed by atoms with Crippen LogP contribution in [0.4, 0.5) is 5.69 Å². The van der Waals surface area contributed by atoms with Crippen molar-refractivity contribution in [3.8, 4) is 34.3 Å². The summed E-state index contributed by atoms with van der Waals surface area (Å²) in [5.74, 6) is 2.14. The number of nitrogens with zero attached hydrogens (tertiary/aromatic N) is 3. The second-order valence-electron chi connectivity index (χ2n) is 7.67. The number of benzene rings is 3. The van der Waals surface area contributed by atoms with E-state index in [1.54, 1.807) is 7.11 Å². The summed E-state index contributed by atoms with van der Waals surface area (Å²) < 4.78 is 22.9. The van der Waals surface area contributed by atoms with Crippen LogP contribution in [0.2, 0.25) is 0 Å². The monoisotopic (exact) mass is 453 g/mol. The lowest BCUT2D eigenvalue weighted by Crippen LogP contribution is -2.07. The molecule has 0 aliphatic heterocycles. The average Bonchev–Trinajstić information content (AvgIpc) is 3.35. The van der Waals surface area contributed by atoms with E-state index in [9.17, 15) is 0 Å². The molecule has 0 fully saturated rings. The highest BCUT2D eigenvalue weighted by Gasteiger charge is 2.16. The number of methoxy groups -OCH3 is 1. The Balaban J connectivity index is 1.70. The minimum absolute atomic E-state index is 0.337. The maximum absolute atomic E-state index is 6.23. The maximum atomic E-state index is 6.23. The molecule has 0 radical (unpaired) electrons. The van der Waals surface area contributed by atoms with Crippen molar-refractivity contribution in [1.29, 1.82) is 0 Å². The predicted molar refractivity (Wildman–Crippen MR) is 129 cm³/mol. The van der Waals surface area contributed by atoms with E-state index < -0.39 is 0 Å². The van der Waals surface area contributed by atoms with Gasteiger partial charge in [-0.25, -0.2) is 4.99 Å². The minimum Gasteiger partial charge on any atom is -0.497 e. The van der Waals surface area contributed by atoms with Crippen LogP contribution in [-0.4, -0.2) is 23.9 Å². The zero-order chi connectivity index (χ0) is 23.5. The van der Waals surface area contributed by atoms with Gasteiger partial charge in [-0.15, -0.1) is 0 Å². The topological polar surface area (TPSA) is 82.9 Å². The molecule has 170 valence electrons. The Morgan fingerprint density at radius 1 is 0.971 bits per heavy atom. The standard InChI is InChI=1S/C27H23N3O4/c1-4-32-23-8-6-5-7-22(23)28-27-21(15-19-13-14-20(31-3)16-24(19)33-27)25-29-26(34-30-25)18-11-9-17(2)10-12-18/h5-16H,4H2,1-3H3. The van der Waals surface area contributed by atoms with Crippen LogP contribution in [-0.2, 0) is 0 Å². The zero-order valence-electron chi connectivity index (χ0n) is 19.1. The fraction of sp³-hybridized carbons (Fsp3) is 0.148. The van der Waals surface area contributed by atoms with Crippen LogP contribution in [0.15, 0.2) is 86.7 Å². The Morgan fingerprint density at radius 2 is 1.79 bits per heavy atom. The van der Waals surface area contributed by atoms with Gasteiger partial charge in [-0.3, -0.25) is 0 Å². The first-order valence-electron chi connectivity index (χ1n) is 10.9. The number of aryl methyl sites for hydroxylation is 1. The molecule has 0 aliphatic rings. The molecule has 0 aliphatic carbocycles. The molecular weight excluding hydrogens is 430 g/mol. The maximum Gasteiger partial charge on any atom is 0.258 e. The van der Waals surface area contributed by atoms with Gasteiger partial charge in [0, 0.05) is 17.0 Å².